The van der Waals surface area contributed by atoms with Crippen molar-refractivity contribution in [1.82, 2.24) is 0 Å². The van der Waals surface area contributed by atoms with E-state index in [0.29, 0.717) is 18.8 Å². The summed E-state index contributed by atoms with van der Waals surface area (Å²) in [5.74, 6) is 0.620. The molecule has 5 atom stereocenters. The molecule has 19 heavy (non-hydrogen) atoms. The van der Waals surface area contributed by atoms with Crippen molar-refractivity contribution in [1.29, 1.82) is 0 Å². The number of thioether (sulfide) groups is 1. The van der Waals surface area contributed by atoms with Gasteiger partial charge >= 0.3 is 0 Å². The van der Waals surface area contributed by atoms with E-state index < -0.39 is 34.1 Å². The zero-order valence-corrected chi connectivity index (χ0v) is 12.5. The fraction of sp³-hybridized carbons (Fsp3) is 1.00. The monoisotopic (exact) mass is 292 g/mol. The highest BCUT2D eigenvalue weighted by Gasteiger charge is 2.64. The van der Waals surface area contributed by atoms with Gasteiger partial charge in [0, 0.05) is 5.75 Å². The fourth-order valence-electron chi connectivity index (χ4n) is 3.28. The van der Waals surface area contributed by atoms with Gasteiger partial charge in [0.2, 0.25) is 0 Å². The largest absolute Gasteiger partial charge is 0.395 e. The van der Waals surface area contributed by atoms with Crippen LogP contribution in [0.15, 0.2) is 0 Å². The van der Waals surface area contributed by atoms with E-state index >= 15 is 0 Å². The van der Waals surface area contributed by atoms with Crippen molar-refractivity contribution in [2.75, 3.05) is 19.0 Å². The number of fused-ring (bicyclic) bond motifs is 2. The quantitative estimate of drug-likeness (QED) is 0.533. The first-order valence-electron chi connectivity index (χ1n) is 6.63. The molecule has 0 radical (unpaired) electrons. The summed E-state index contributed by atoms with van der Waals surface area (Å²) in [6, 6.07) is 0. The molecule has 5 nitrogen and oxygen atoms in total. The third-order valence-corrected chi connectivity index (χ3v) is 6.06. The molecular formula is C13H24O5S. The molecule has 0 spiro atoms. The number of hydrogen-bond donors (Lipinski definition) is 4. The maximum atomic E-state index is 10.5. The van der Waals surface area contributed by atoms with Crippen molar-refractivity contribution in [3.63, 3.8) is 0 Å². The van der Waals surface area contributed by atoms with E-state index in [0.717, 1.165) is 0 Å². The first-order chi connectivity index (χ1) is 8.70. The van der Waals surface area contributed by atoms with Crippen LogP contribution in [-0.2, 0) is 4.74 Å². The molecule has 0 aromatic carbocycles. The molecule has 0 amide bonds. The van der Waals surface area contributed by atoms with Gasteiger partial charge in [-0.15, -0.1) is 11.8 Å². The minimum atomic E-state index is -1.31. The summed E-state index contributed by atoms with van der Waals surface area (Å²) in [7, 11) is 0. The van der Waals surface area contributed by atoms with Gasteiger partial charge in [-0.1, -0.05) is 20.8 Å². The van der Waals surface area contributed by atoms with Gasteiger partial charge in [0.25, 0.3) is 0 Å². The van der Waals surface area contributed by atoms with Crippen LogP contribution in [0.25, 0.3) is 0 Å². The highest BCUT2D eigenvalue weighted by Crippen LogP contribution is 2.54. The Morgan fingerprint density at radius 3 is 2.37 bits per heavy atom. The van der Waals surface area contributed by atoms with Gasteiger partial charge in [0.1, 0.15) is 17.8 Å². The lowest BCUT2D eigenvalue weighted by Gasteiger charge is -2.57. The van der Waals surface area contributed by atoms with Gasteiger partial charge in [-0.2, -0.15) is 0 Å². The van der Waals surface area contributed by atoms with E-state index in [-0.39, 0.29) is 6.61 Å². The normalized spacial score (nSPS) is 47.8. The van der Waals surface area contributed by atoms with E-state index in [4.69, 9.17) is 4.74 Å². The number of rotatable bonds is 1. The lowest BCUT2D eigenvalue weighted by atomic mass is 9.61. The molecule has 4 N–H and O–H groups in total. The molecule has 1 aliphatic heterocycles. The molecular weight excluding hydrogens is 268 g/mol. The average molecular weight is 292 g/mol. The van der Waals surface area contributed by atoms with Crippen molar-refractivity contribution < 1.29 is 25.2 Å². The van der Waals surface area contributed by atoms with Crippen LogP contribution in [0.5, 0.6) is 0 Å². The van der Waals surface area contributed by atoms with Crippen LogP contribution in [0.4, 0.5) is 0 Å². The molecule has 1 unspecified atom stereocenters. The molecule has 2 fully saturated rings. The molecule has 1 saturated heterocycles. The summed E-state index contributed by atoms with van der Waals surface area (Å²) in [5, 5.41) is 40.7. The first-order valence-corrected chi connectivity index (χ1v) is 7.62. The molecule has 112 valence electrons. The van der Waals surface area contributed by atoms with Crippen molar-refractivity contribution in [3.8, 4) is 0 Å². The Morgan fingerprint density at radius 1 is 1.21 bits per heavy atom. The summed E-state index contributed by atoms with van der Waals surface area (Å²) in [6.45, 7) is 6.01. The van der Waals surface area contributed by atoms with Gasteiger partial charge in [-0.05, 0) is 11.8 Å². The molecule has 2 rings (SSSR count). The summed E-state index contributed by atoms with van der Waals surface area (Å²) >= 11 is 1.42. The molecule has 2 bridgehead atoms. The smallest absolute Gasteiger partial charge is 0.112 e. The van der Waals surface area contributed by atoms with Crippen LogP contribution in [0.1, 0.15) is 27.2 Å². The number of aliphatic hydroxyl groups is 4. The van der Waals surface area contributed by atoms with Crippen molar-refractivity contribution in [2.45, 2.75) is 55.9 Å². The minimum Gasteiger partial charge on any atom is -0.395 e. The topological polar surface area (TPSA) is 90.2 Å². The number of ether oxygens (including phenoxy) is 1. The minimum absolute atomic E-state index is 0.246. The van der Waals surface area contributed by atoms with Crippen LogP contribution >= 0.6 is 11.8 Å². The second-order valence-electron chi connectivity index (χ2n) is 6.62. The van der Waals surface area contributed by atoms with Gasteiger partial charge in [-0.3, -0.25) is 0 Å². The third kappa shape index (κ3) is 2.13. The fourth-order valence-corrected chi connectivity index (χ4v) is 4.57. The van der Waals surface area contributed by atoms with Gasteiger partial charge in [0.05, 0.1) is 24.1 Å². The molecule has 0 aromatic heterocycles. The Bertz CT molecular complexity index is 344. The van der Waals surface area contributed by atoms with Gasteiger partial charge < -0.3 is 25.2 Å². The molecule has 6 heteroatoms. The van der Waals surface area contributed by atoms with E-state index in [2.05, 4.69) is 0 Å². The van der Waals surface area contributed by atoms with Crippen LogP contribution in [0.3, 0.4) is 0 Å². The van der Waals surface area contributed by atoms with E-state index in [1.165, 1.54) is 11.8 Å². The predicted molar refractivity (Wildman–Crippen MR) is 73.1 cm³/mol. The molecule has 1 heterocycles. The van der Waals surface area contributed by atoms with E-state index in [1.807, 2.05) is 20.8 Å². The third-order valence-electron chi connectivity index (χ3n) is 4.60. The molecule has 0 aromatic rings. The zero-order chi connectivity index (χ0) is 14.5. The number of aliphatic hydroxyl groups excluding tert-OH is 4. The van der Waals surface area contributed by atoms with Crippen molar-refractivity contribution in [3.05, 3.63) is 0 Å². The van der Waals surface area contributed by atoms with Gasteiger partial charge in [-0.25, -0.2) is 0 Å². The van der Waals surface area contributed by atoms with Crippen molar-refractivity contribution >= 4 is 11.8 Å². The van der Waals surface area contributed by atoms with Crippen LogP contribution < -0.4 is 0 Å². The zero-order valence-electron chi connectivity index (χ0n) is 11.7. The maximum absolute atomic E-state index is 10.5. The second-order valence-corrected chi connectivity index (χ2v) is 8.13. The van der Waals surface area contributed by atoms with Crippen LogP contribution in [0.2, 0.25) is 0 Å². The summed E-state index contributed by atoms with van der Waals surface area (Å²) in [5.41, 5.74) is -1.38. The lowest BCUT2D eigenvalue weighted by molar-refractivity contribution is -0.251. The Labute approximate surface area is 118 Å². The van der Waals surface area contributed by atoms with E-state index in [1.54, 1.807) is 0 Å². The standard InChI is InChI=1S/C13H24O5S/c1-11(2,3)13-6-12(7-14,19-5-4-18-13)9(16)8(15)10(13)17/h8-10,14-17H,4-7H2,1-3H3/t8-,9-,10+,12-,13?/m0/s1. The Balaban J connectivity index is 2.52. The average Bonchev–Trinajstić information content (AvgIpc) is 2.54. The highest BCUT2D eigenvalue weighted by atomic mass is 32.2. The SMILES string of the molecule is CC(C)(C)C12C[C@@](CO)(SCCO1)[C@@H](O)[C@H](O)[C@H]2O. The van der Waals surface area contributed by atoms with Crippen LogP contribution in [0, 0.1) is 5.41 Å². The molecule has 1 aliphatic carbocycles. The Hall–Kier alpha value is 0.150. The van der Waals surface area contributed by atoms with Crippen LogP contribution in [-0.4, -0.2) is 68.1 Å². The lowest BCUT2D eigenvalue weighted by Crippen LogP contribution is -2.71. The molecule has 1 saturated carbocycles. The molecule has 2 aliphatic rings. The summed E-state index contributed by atoms with van der Waals surface area (Å²) < 4.78 is 5.06. The van der Waals surface area contributed by atoms with E-state index in [9.17, 15) is 20.4 Å². The Kier molecular flexibility index (Phi) is 3.97. The Morgan fingerprint density at radius 2 is 1.84 bits per heavy atom. The van der Waals surface area contributed by atoms with Gasteiger partial charge in [0.15, 0.2) is 0 Å². The highest BCUT2D eigenvalue weighted by molar-refractivity contribution is 8.00. The predicted octanol–water partition coefficient (Wildman–Crippen LogP) is -0.248. The van der Waals surface area contributed by atoms with Crippen molar-refractivity contribution in [2.24, 2.45) is 5.41 Å². The number of hydrogen-bond acceptors (Lipinski definition) is 6. The summed E-state index contributed by atoms with van der Waals surface area (Å²) in [6.07, 6.45) is -3.31. The maximum Gasteiger partial charge on any atom is 0.112 e. The first kappa shape index (κ1) is 15.5. The second kappa shape index (κ2) is 4.86. The summed E-state index contributed by atoms with van der Waals surface area (Å²) in [4.78, 5) is 0.